The summed E-state index contributed by atoms with van der Waals surface area (Å²) in [5.74, 6) is 0. The van der Waals surface area contributed by atoms with Crippen LogP contribution < -0.4 is 0 Å². The molecule has 1 aromatic carbocycles. The van der Waals surface area contributed by atoms with E-state index in [9.17, 15) is 0 Å². The predicted octanol–water partition coefficient (Wildman–Crippen LogP) is 3.75. The van der Waals surface area contributed by atoms with Crippen molar-refractivity contribution in [2.45, 2.75) is 32.9 Å². The lowest BCUT2D eigenvalue weighted by atomic mass is 10.1. The van der Waals surface area contributed by atoms with Gasteiger partial charge < -0.3 is 4.43 Å². The van der Waals surface area contributed by atoms with Crippen LogP contribution in [0.1, 0.15) is 25.0 Å². The fourth-order valence-electron chi connectivity index (χ4n) is 1.48. The van der Waals surface area contributed by atoms with Crippen LogP contribution in [0.2, 0.25) is 12.1 Å². The van der Waals surface area contributed by atoms with E-state index in [1.54, 1.807) is 0 Å². The molecule has 0 unspecified atom stereocenters. The van der Waals surface area contributed by atoms with E-state index in [4.69, 9.17) is 4.43 Å². The molecule has 0 atom stereocenters. The zero-order valence-corrected chi connectivity index (χ0v) is 11.0. The highest BCUT2D eigenvalue weighted by Gasteiger charge is 2.03. The van der Waals surface area contributed by atoms with Gasteiger partial charge in [-0.25, -0.2) is 0 Å². The topological polar surface area (TPSA) is 9.23 Å². The minimum Gasteiger partial charge on any atom is -0.552 e. The van der Waals surface area contributed by atoms with Crippen LogP contribution in [0.15, 0.2) is 30.5 Å². The summed E-state index contributed by atoms with van der Waals surface area (Å²) < 4.78 is 5.74. The molecule has 0 saturated carbocycles. The molecule has 0 N–H and O–H groups in total. The first-order chi connectivity index (χ1) is 7.26. The number of rotatable bonds is 5. The van der Waals surface area contributed by atoms with Gasteiger partial charge in [0.2, 0.25) is 9.04 Å². The standard InChI is InChI=1S/C13H20OSi/c1-4-15(5-2)14-10-9-13-8-6-7-12(3)11-13/h6-11,15H,4-5H2,1-3H3. The van der Waals surface area contributed by atoms with Gasteiger partial charge in [0.1, 0.15) is 0 Å². The minimum atomic E-state index is -0.932. The van der Waals surface area contributed by atoms with Gasteiger partial charge in [-0.05, 0) is 30.7 Å². The van der Waals surface area contributed by atoms with Crippen molar-refractivity contribution >= 4 is 15.1 Å². The lowest BCUT2D eigenvalue weighted by molar-refractivity contribution is 0.493. The molecule has 1 nitrogen and oxygen atoms in total. The van der Waals surface area contributed by atoms with Crippen molar-refractivity contribution < 1.29 is 4.43 Å². The van der Waals surface area contributed by atoms with Gasteiger partial charge in [-0.1, -0.05) is 43.7 Å². The van der Waals surface area contributed by atoms with Crippen molar-refractivity contribution in [1.29, 1.82) is 0 Å². The Kier molecular flexibility index (Phi) is 5.19. The Balaban J connectivity index is 2.50. The Labute approximate surface area is 94.5 Å². The lowest BCUT2D eigenvalue weighted by Gasteiger charge is -2.09. The Morgan fingerprint density at radius 3 is 2.60 bits per heavy atom. The van der Waals surface area contributed by atoms with E-state index >= 15 is 0 Å². The van der Waals surface area contributed by atoms with E-state index in [0.29, 0.717) is 0 Å². The van der Waals surface area contributed by atoms with E-state index in [-0.39, 0.29) is 0 Å². The van der Waals surface area contributed by atoms with Gasteiger partial charge in [0, 0.05) is 0 Å². The van der Waals surface area contributed by atoms with Crippen molar-refractivity contribution in [1.82, 2.24) is 0 Å². The maximum Gasteiger partial charge on any atom is 0.234 e. The highest BCUT2D eigenvalue weighted by atomic mass is 28.3. The molecule has 2 heteroatoms. The van der Waals surface area contributed by atoms with Crippen molar-refractivity contribution in [2.24, 2.45) is 0 Å². The van der Waals surface area contributed by atoms with Gasteiger partial charge in [0.25, 0.3) is 0 Å². The lowest BCUT2D eigenvalue weighted by Crippen LogP contribution is -2.10. The molecule has 0 aliphatic carbocycles. The van der Waals surface area contributed by atoms with E-state index in [1.807, 2.05) is 6.26 Å². The molecule has 0 heterocycles. The van der Waals surface area contributed by atoms with E-state index in [2.05, 4.69) is 51.1 Å². The Hall–Kier alpha value is -1.02. The molecule has 0 spiro atoms. The molecule has 0 bridgehead atoms. The van der Waals surface area contributed by atoms with Gasteiger partial charge in [0.15, 0.2) is 0 Å². The van der Waals surface area contributed by atoms with Gasteiger partial charge in [0.05, 0.1) is 6.26 Å². The van der Waals surface area contributed by atoms with Crippen LogP contribution in [0.4, 0.5) is 0 Å². The predicted molar refractivity (Wildman–Crippen MR) is 69.4 cm³/mol. The van der Waals surface area contributed by atoms with Gasteiger partial charge in [-0.15, -0.1) is 0 Å². The largest absolute Gasteiger partial charge is 0.552 e. The summed E-state index contributed by atoms with van der Waals surface area (Å²) in [4.78, 5) is 0. The van der Waals surface area contributed by atoms with Crippen molar-refractivity contribution in [2.75, 3.05) is 0 Å². The van der Waals surface area contributed by atoms with Gasteiger partial charge >= 0.3 is 0 Å². The number of benzene rings is 1. The smallest absolute Gasteiger partial charge is 0.234 e. The van der Waals surface area contributed by atoms with Gasteiger partial charge in [-0.2, -0.15) is 0 Å². The molecule has 82 valence electrons. The van der Waals surface area contributed by atoms with E-state index in [1.165, 1.54) is 23.2 Å². The third-order valence-electron chi connectivity index (χ3n) is 2.48. The van der Waals surface area contributed by atoms with Crippen LogP contribution in [-0.4, -0.2) is 9.04 Å². The molecule has 0 fully saturated rings. The Morgan fingerprint density at radius 1 is 1.27 bits per heavy atom. The number of aryl methyl sites for hydroxylation is 1. The molecule has 0 saturated heterocycles. The van der Waals surface area contributed by atoms with Crippen molar-refractivity contribution in [3.05, 3.63) is 41.7 Å². The van der Waals surface area contributed by atoms with Crippen molar-refractivity contribution in [3.8, 4) is 0 Å². The first kappa shape index (κ1) is 12.0. The monoisotopic (exact) mass is 220 g/mol. The summed E-state index contributed by atoms with van der Waals surface area (Å²) in [7, 11) is -0.932. The third-order valence-corrected chi connectivity index (χ3v) is 4.85. The maximum atomic E-state index is 5.74. The zero-order chi connectivity index (χ0) is 11.1. The normalized spacial score (nSPS) is 11.2. The average Bonchev–Trinajstić information content (AvgIpc) is 2.25. The van der Waals surface area contributed by atoms with Crippen LogP contribution in [0, 0.1) is 6.92 Å². The first-order valence-corrected chi connectivity index (χ1v) is 7.75. The molecule has 0 amide bonds. The maximum absolute atomic E-state index is 5.74. The second-order valence-electron chi connectivity index (χ2n) is 3.79. The molecule has 15 heavy (non-hydrogen) atoms. The summed E-state index contributed by atoms with van der Waals surface area (Å²) >= 11 is 0. The Morgan fingerprint density at radius 2 is 2.00 bits per heavy atom. The van der Waals surface area contributed by atoms with Crippen LogP contribution >= 0.6 is 0 Å². The SMILES string of the molecule is CC[SiH](CC)OC=Cc1cccc(C)c1. The number of hydrogen-bond donors (Lipinski definition) is 0. The molecular formula is C13H20OSi. The Bertz CT molecular complexity index is 316. The fourth-order valence-corrected chi connectivity index (χ4v) is 2.75. The van der Waals surface area contributed by atoms with Gasteiger partial charge in [-0.3, -0.25) is 0 Å². The summed E-state index contributed by atoms with van der Waals surface area (Å²) in [6.45, 7) is 6.52. The van der Waals surface area contributed by atoms with Crippen molar-refractivity contribution in [3.63, 3.8) is 0 Å². The third kappa shape index (κ3) is 4.34. The van der Waals surface area contributed by atoms with E-state index < -0.39 is 9.04 Å². The molecule has 0 radical (unpaired) electrons. The molecule has 0 aliphatic heterocycles. The molecule has 1 rings (SSSR count). The first-order valence-electron chi connectivity index (χ1n) is 5.65. The molecular weight excluding hydrogens is 200 g/mol. The van der Waals surface area contributed by atoms with Crippen LogP contribution in [-0.2, 0) is 4.43 Å². The summed E-state index contributed by atoms with van der Waals surface area (Å²) in [6, 6.07) is 10.8. The van der Waals surface area contributed by atoms with Crippen LogP contribution in [0.3, 0.4) is 0 Å². The molecule has 1 aromatic rings. The molecule has 0 aliphatic rings. The highest BCUT2D eigenvalue weighted by molar-refractivity contribution is 6.51. The summed E-state index contributed by atoms with van der Waals surface area (Å²) in [5.41, 5.74) is 2.51. The van der Waals surface area contributed by atoms with Crippen LogP contribution in [0.25, 0.3) is 6.08 Å². The average molecular weight is 220 g/mol. The summed E-state index contributed by atoms with van der Waals surface area (Å²) in [5, 5.41) is 0. The highest BCUT2D eigenvalue weighted by Crippen LogP contribution is 2.07. The molecule has 0 aromatic heterocycles. The summed E-state index contributed by atoms with van der Waals surface area (Å²) in [6.07, 6.45) is 3.93. The fraction of sp³-hybridized carbons (Fsp3) is 0.385. The zero-order valence-electron chi connectivity index (χ0n) is 9.86. The second-order valence-corrected chi connectivity index (χ2v) is 6.94. The van der Waals surface area contributed by atoms with Crippen LogP contribution in [0.5, 0.6) is 0 Å². The number of hydrogen-bond acceptors (Lipinski definition) is 1. The van der Waals surface area contributed by atoms with E-state index in [0.717, 1.165) is 0 Å². The second kappa shape index (κ2) is 6.46. The minimum absolute atomic E-state index is 0.932. The quantitative estimate of drug-likeness (QED) is 0.542.